The van der Waals surface area contributed by atoms with E-state index in [9.17, 15) is 14.4 Å². The van der Waals surface area contributed by atoms with E-state index >= 15 is 0 Å². The van der Waals surface area contributed by atoms with E-state index in [-0.39, 0.29) is 42.8 Å². The molecule has 2 fully saturated rings. The number of carbonyl (C=O) groups is 3. The molecule has 3 amide bonds. The molecule has 2 aliphatic rings. The lowest BCUT2D eigenvalue weighted by atomic mass is 9.94. The summed E-state index contributed by atoms with van der Waals surface area (Å²) >= 11 is 0. The van der Waals surface area contributed by atoms with Gasteiger partial charge in [0, 0.05) is 12.1 Å². The zero-order chi connectivity index (χ0) is 15.4. The van der Waals surface area contributed by atoms with Crippen molar-refractivity contribution < 1.29 is 14.4 Å². The molecule has 1 unspecified atom stereocenters. The molecule has 2 rings (SSSR count). The molecular weight excluding hydrogens is 270 g/mol. The van der Waals surface area contributed by atoms with Gasteiger partial charge in [-0.25, -0.2) is 0 Å². The number of amides is 3. The summed E-state index contributed by atoms with van der Waals surface area (Å²) in [6.45, 7) is 3.83. The maximum atomic E-state index is 12.4. The summed E-state index contributed by atoms with van der Waals surface area (Å²) in [5, 5.41) is 5.67. The van der Waals surface area contributed by atoms with Crippen LogP contribution in [0.25, 0.3) is 0 Å². The maximum Gasteiger partial charge on any atom is 0.247 e. The van der Waals surface area contributed by atoms with Gasteiger partial charge in [-0.3, -0.25) is 24.6 Å². The highest BCUT2D eigenvalue weighted by molar-refractivity contribution is 6.06. The Hall–Kier alpha value is -1.43. The van der Waals surface area contributed by atoms with Crippen molar-refractivity contribution in [3.8, 4) is 0 Å². The summed E-state index contributed by atoms with van der Waals surface area (Å²) in [4.78, 5) is 37.5. The molecule has 0 radical (unpaired) electrons. The zero-order valence-corrected chi connectivity index (χ0v) is 12.9. The first kappa shape index (κ1) is 15.9. The zero-order valence-electron chi connectivity index (χ0n) is 12.9. The Kier molecular flexibility index (Phi) is 5.33. The second-order valence-corrected chi connectivity index (χ2v) is 6.25. The van der Waals surface area contributed by atoms with Gasteiger partial charge in [-0.15, -0.1) is 0 Å². The second-order valence-electron chi connectivity index (χ2n) is 6.25. The molecule has 6 heteroatoms. The summed E-state index contributed by atoms with van der Waals surface area (Å²) < 4.78 is 0. The maximum absolute atomic E-state index is 12.4. The van der Waals surface area contributed by atoms with Gasteiger partial charge in [-0.1, -0.05) is 19.3 Å². The molecular formula is C15H25N3O3. The van der Waals surface area contributed by atoms with E-state index in [1.54, 1.807) is 0 Å². The molecule has 1 heterocycles. The number of rotatable bonds is 5. The van der Waals surface area contributed by atoms with Crippen molar-refractivity contribution in [3.05, 3.63) is 0 Å². The van der Waals surface area contributed by atoms with E-state index in [1.807, 2.05) is 13.8 Å². The number of hydrogen-bond donors (Lipinski definition) is 2. The lowest BCUT2D eigenvalue weighted by Gasteiger charge is -2.29. The van der Waals surface area contributed by atoms with Crippen molar-refractivity contribution in [2.24, 2.45) is 0 Å². The summed E-state index contributed by atoms with van der Waals surface area (Å²) in [5.41, 5.74) is 0. The molecule has 1 aliphatic heterocycles. The molecule has 1 aliphatic carbocycles. The largest absolute Gasteiger partial charge is 0.353 e. The molecule has 0 aromatic carbocycles. The predicted molar refractivity (Wildman–Crippen MR) is 78.4 cm³/mol. The number of imide groups is 1. The van der Waals surface area contributed by atoms with Crippen LogP contribution in [-0.4, -0.2) is 47.3 Å². The minimum Gasteiger partial charge on any atom is -0.353 e. The average Bonchev–Trinajstić information content (AvgIpc) is 2.71. The first-order chi connectivity index (χ1) is 9.99. The van der Waals surface area contributed by atoms with E-state index in [1.165, 1.54) is 11.3 Å². The van der Waals surface area contributed by atoms with Crippen LogP contribution in [0.5, 0.6) is 0 Å². The number of nitrogens with zero attached hydrogens (tertiary/aromatic N) is 1. The van der Waals surface area contributed by atoms with Gasteiger partial charge in [-0.2, -0.15) is 0 Å². The van der Waals surface area contributed by atoms with Crippen LogP contribution in [0.3, 0.4) is 0 Å². The fourth-order valence-corrected chi connectivity index (χ4v) is 3.12. The average molecular weight is 295 g/mol. The van der Waals surface area contributed by atoms with Gasteiger partial charge < -0.3 is 5.32 Å². The number of likely N-dealkylation sites (tertiary alicyclic amines) is 1. The smallest absolute Gasteiger partial charge is 0.247 e. The fraction of sp³-hybridized carbons (Fsp3) is 0.800. The quantitative estimate of drug-likeness (QED) is 0.727. The van der Waals surface area contributed by atoms with Crippen molar-refractivity contribution in [1.82, 2.24) is 15.5 Å². The fourth-order valence-electron chi connectivity index (χ4n) is 3.12. The van der Waals surface area contributed by atoms with Crippen molar-refractivity contribution in [2.75, 3.05) is 6.54 Å². The van der Waals surface area contributed by atoms with Crippen LogP contribution in [0, 0.1) is 0 Å². The van der Waals surface area contributed by atoms with Crippen molar-refractivity contribution in [3.63, 3.8) is 0 Å². The van der Waals surface area contributed by atoms with Crippen LogP contribution >= 0.6 is 0 Å². The molecule has 21 heavy (non-hydrogen) atoms. The predicted octanol–water partition coefficient (Wildman–Crippen LogP) is 0.561. The van der Waals surface area contributed by atoms with Gasteiger partial charge in [0.1, 0.15) is 0 Å². The van der Waals surface area contributed by atoms with E-state index < -0.39 is 6.04 Å². The molecule has 0 bridgehead atoms. The lowest BCUT2D eigenvalue weighted by Crippen LogP contribution is -2.47. The SMILES string of the molecule is CC(C)NC(=O)CNC1CC(=O)N(C2CCCCC2)C1=O. The molecule has 6 nitrogen and oxygen atoms in total. The Balaban J connectivity index is 1.87. The number of nitrogens with one attached hydrogen (secondary N) is 2. The van der Waals surface area contributed by atoms with Gasteiger partial charge in [0.2, 0.25) is 17.7 Å². The van der Waals surface area contributed by atoms with Crippen LogP contribution in [0.2, 0.25) is 0 Å². The standard InChI is InChI=1S/C15H25N3O3/c1-10(2)17-13(19)9-16-12-8-14(20)18(15(12)21)11-6-4-3-5-7-11/h10-12,16H,3-9H2,1-2H3,(H,17,19). The van der Waals surface area contributed by atoms with E-state index in [4.69, 9.17) is 0 Å². The number of hydrogen-bond acceptors (Lipinski definition) is 4. The molecule has 118 valence electrons. The summed E-state index contributed by atoms with van der Waals surface area (Å²) in [5.74, 6) is -0.417. The van der Waals surface area contributed by atoms with E-state index in [0.717, 1.165) is 25.7 Å². The normalized spacial score (nSPS) is 24.0. The topological polar surface area (TPSA) is 78.5 Å². The van der Waals surface area contributed by atoms with Crippen LogP contribution in [0.15, 0.2) is 0 Å². The van der Waals surface area contributed by atoms with Gasteiger partial charge in [0.15, 0.2) is 0 Å². The van der Waals surface area contributed by atoms with Gasteiger partial charge in [0.05, 0.1) is 19.0 Å². The minimum absolute atomic E-state index is 0.0649. The summed E-state index contributed by atoms with van der Waals surface area (Å²) in [6.07, 6.45) is 5.34. The van der Waals surface area contributed by atoms with Crippen molar-refractivity contribution >= 4 is 17.7 Å². The van der Waals surface area contributed by atoms with Crippen LogP contribution in [0.4, 0.5) is 0 Å². The molecule has 2 N–H and O–H groups in total. The second kappa shape index (κ2) is 7.02. The Labute approximate surface area is 125 Å². The van der Waals surface area contributed by atoms with E-state index in [2.05, 4.69) is 10.6 Å². The van der Waals surface area contributed by atoms with E-state index in [0.29, 0.717) is 0 Å². The van der Waals surface area contributed by atoms with Crippen LogP contribution in [-0.2, 0) is 14.4 Å². The Morgan fingerprint density at radius 2 is 1.90 bits per heavy atom. The molecule has 1 saturated heterocycles. The minimum atomic E-state index is -0.544. The molecule has 0 aromatic rings. The third kappa shape index (κ3) is 4.03. The Bertz CT molecular complexity index is 416. The van der Waals surface area contributed by atoms with Crippen LogP contribution < -0.4 is 10.6 Å². The summed E-state index contributed by atoms with van der Waals surface area (Å²) in [6, 6.07) is -0.411. The lowest BCUT2D eigenvalue weighted by molar-refractivity contribution is -0.142. The third-order valence-corrected chi connectivity index (χ3v) is 4.08. The van der Waals surface area contributed by atoms with Gasteiger partial charge >= 0.3 is 0 Å². The van der Waals surface area contributed by atoms with Gasteiger partial charge in [-0.05, 0) is 26.7 Å². The van der Waals surface area contributed by atoms with Crippen molar-refractivity contribution in [1.29, 1.82) is 0 Å². The highest BCUT2D eigenvalue weighted by atomic mass is 16.2. The van der Waals surface area contributed by atoms with Gasteiger partial charge in [0.25, 0.3) is 0 Å². The molecule has 1 saturated carbocycles. The Morgan fingerprint density at radius 1 is 1.24 bits per heavy atom. The van der Waals surface area contributed by atoms with Crippen LogP contribution in [0.1, 0.15) is 52.4 Å². The summed E-state index contributed by atoms with van der Waals surface area (Å²) in [7, 11) is 0. The highest BCUT2D eigenvalue weighted by Crippen LogP contribution is 2.27. The monoisotopic (exact) mass is 295 g/mol. The third-order valence-electron chi connectivity index (χ3n) is 4.08. The first-order valence-corrected chi connectivity index (χ1v) is 7.87. The Morgan fingerprint density at radius 3 is 2.52 bits per heavy atom. The first-order valence-electron chi connectivity index (χ1n) is 7.87. The number of carbonyl (C=O) groups excluding carboxylic acids is 3. The highest BCUT2D eigenvalue weighted by Gasteiger charge is 2.42. The van der Waals surface area contributed by atoms with Crippen molar-refractivity contribution in [2.45, 2.75) is 70.5 Å². The molecule has 0 spiro atoms. The molecule has 0 aromatic heterocycles. The molecule has 1 atom stereocenters.